The van der Waals surface area contributed by atoms with Crippen molar-refractivity contribution in [2.75, 3.05) is 12.0 Å². The summed E-state index contributed by atoms with van der Waals surface area (Å²) in [7, 11) is 0. The molecule has 0 saturated heterocycles. The van der Waals surface area contributed by atoms with Crippen LogP contribution in [-0.2, 0) is 11.0 Å². The molecule has 0 aliphatic heterocycles. The molecule has 1 aromatic carbocycles. The van der Waals surface area contributed by atoms with Crippen molar-refractivity contribution >= 4 is 23.6 Å². The Morgan fingerprint density at radius 1 is 1.27 bits per heavy atom. The zero-order valence-electron chi connectivity index (χ0n) is 11.6. The predicted molar refractivity (Wildman–Crippen MR) is 75.6 cm³/mol. The number of benzene rings is 1. The molecule has 1 rings (SSSR count). The van der Waals surface area contributed by atoms with Crippen LogP contribution in [0.3, 0.4) is 0 Å². The van der Waals surface area contributed by atoms with Gasteiger partial charge in [0.15, 0.2) is 0 Å². The average molecular weight is 336 g/mol. The third-order valence-corrected chi connectivity index (χ3v) is 3.46. The van der Waals surface area contributed by atoms with Crippen molar-refractivity contribution in [3.63, 3.8) is 0 Å². The molecule has 1 aromatic rings. The summed E-state index contributed by atoms with van der Waals surface area (Å²) in [6.45, 7) is 0. The third-order valence-electron chi connectivity index (χ3n) is 2.82. The Labute approximate surface area is 129 Å². The van der Waals surface area contributed by atoms with E-state index in [1.807, 2.05) is 6.26 Å². The molecule has 2 amide bonds. The van der Waals surface area contributed by atoms with E-state index in [9.17, 15) is 22.8 Å². The highest BCUT2D eigenvalue weighted by Crippen LogP contribution is 2.29. The van der Waals surface area contributed by atoms with Gasteiger partial charge in [-0.1, -0.05) is 0 Å². The molecule has 22 heavy (non-hydrogen) atoms. The number of halogens is 3. The summed E-state index contributed by atoms with van der Waals surface area (Å²) < 4.78 is 37.3. The van der Waals surface area contributed by atoms with Crippen molar-refractivity contribution in [3.05, 3.63) is 35.4 Å². The van der Waals surface area contributed by atoms with Crippen LogP contribution in [0.1, 0.15) is 22.3 Å². The number of carbonyl (C=O) groups is 2. The lowest BCUT2D eigenvalue weighted by atomic mass is 10.1. The van der Waals surface area contributed by atoms with E-state index in [0.29, 0.717) is 5.75 Å². The van der Waals surface area contributed by atoms with E-state index in [0.717, 1.165) is 24.3 Å². The van der Waals surface area contributed by atoms with Gasteiger partial charge in [-0.05, 0) is 42.7 Å². The van der Waals surface area contributed by atoms with Crippen LogP contribution in [0.2, 0.25) is 0 Å². The maximum Gasteiger partial charge on any atom is 0.416 e. The lowest BCUT2D eigenvalue weighted by Gasteiger charge is -2.16. The van der Waals surface area contributed by atoms with Crippen LogP contribution in [0.5, 0.6) is 0 Å². The predicted octanol–water partition coefficient (Wildman–Crippen LogP) is 2.06. The van der Waals surface area contributed by atoms with Crippen molar-refractivity contribution in [3.8, 4) is 0 Å². The maximum absolute atomic E-state index is 12.4. The number of hydrogen-bond donors (Lipinski definition) is 3. The minimum Gasteiger partial charge on any atom is -0.340 e. The second-order valence-electron chi connectivity index (χ2n) is 4.36. The Hall–Kier alpha value is -1.74. The summed E-state index contributed by atoms with van der Waals surface area (Å²) in [6, 6.07) is 2.67. The number of rotatable bonds is 6. The Kier molecular flexibility index (Phi) is 6.69. The van der Waals surface area contributed by atoms with Gasteiger partial charge in [-0.2, -0.15) is 24.9 Å². The molecule has 1 unspecified atom stereocenters. The van der Waals surface area contributed by atoms with E-state index in [2.05, 4.69) is 5.32 Å². The zero-order valence-corrected chi connectivity index (χ0v) is 12.4. The highest BCUT2D eigenvalue weighted by Gasteiger charge is 2.30. The van der Waals surface area contributed by atoms with Gasteiger partial charge in [0, 0.05) is 5.56 Å². The van der Waals surface area contributed by atoms with Crippen LogP contribution in [-0.4, -0.2) is 35.1 Å². The molecule has 0 heterocycles. The van der Waals surface area contributed by atoms with Gasteiger partial charge in [0.2, 0.25) is 0 Å². The summed E-state index contributed by atoms with van der Waals surface area (Å²) in [6.07, 6.45) is -2.39. The average Bonchev–Trinajstić information content (AvgIpc) is 2.49. The van der Waals surface area contributed by atoms with Crippen molar-refractivity contribution in [2.24, 2.45) is 0 Å². The first-order valence-corrected chi connectivity index (χ1v) is 7.60. The summed E-state index contributed by atoms with van der Waals surface area (Å²) in [5, 5.41) is 11.0. The molecule has 5 nitrogen and oxygen atoms in total. The molecule has 1 atom stereocenters. The summed E-state index contributed by atoms with van der Waals surface area (Å²) >= 11 is 1.45. The molecule has 0 aliphatic rings. The van der Waals surface area contributed by atoms with Gasteiger partial charge >= 0.3 is 6.18 Å². The van der Waals surface area contributed by atoms with Crippen LogP contribution < -0.4 is 10.8 Å². The Morgan fingerprint density at radius 2 is 1.86 bits per heavy atom. The van der Waals surface area contributed by atoms with E-state index in [4.69, 9.17) is 5.21 Å². The second-order valence-corrected chi connectivity index (χ2v) is 5.34. The highest BCUT2D eigenvalue weighted by atomic mass is 32.2. The van der Waals surface area contributed by atoms with Gasteiger partial charge in [0.1, 0.15) is 6.04 Å². The molecule has 0 aliphatic carbocycles. The Balaban J connectivity index is 2.79. The van der Waals surface area contributed by atoms with Gasteiger partial charge in [0.05, 0.1) is 5.56 Å². The summed E-state index contributed by atoms with van der Waals surface area (Å²) in [4.78, 5) is 23.4. The zero-order chi connectivity index (χ0) is 16.8. The lowest BCUT2D eigenvalue weighted by Crippen LogP contribution is -2.46. The molecule has 0 spiro atoms. The number of hydrogen-bond acceptors (Lipinski definition) is 4. The third kappa shape index (κ3) is 5.23. The quantitative estimate of drug-likeness (QED) is 0.549. The first-order valence-electron chi connectivity index (χ1n) is 6.20. The lowest BCUT2D eigenvalue weighted by molar-refractivity contribution is -0.137. The Bertz CT molecular complexity index is 520. The van der Waals surface area contributed by atoms with E-state index < -0.39 is 29.6 Å². The number of carbonyl (C=O) groups excluding carboxylic acids is 2. The standard InChI is InChI=1S/C13H15F3N2O3S/c1-22-7-6-10(12(20)18-21)17-11(19)8-2-4-9(5-3-8)13(14,15)16/h2-5,10,21H,6-7H2,1H3,(H,17,19)(H,18,20). The van der Waals surface area contributed by atoms with E-state index >= 15 is 0 Å². The molecule has 0 bridgehead atoms. The van der Waals surface area contributed by atoms with E-state index in [1.165, 1.54) is 17.2 Å². The molecule has 9 heteroatoms. The summed E-state index contributed by atoms with van der Waals surface area (Å²) in [5.74, 6) is -0.913. The van der Waals surface area contributed by atoms with E-state index in [1.54, 1.807) is 0 Å². The van der Waals surface area contributed by atoms with Crippen LogP contribution >= 0.6 is 11.8 Å². The van der Waals surface area contributed by atoms with Gasteiger partial charge in [-0.15, -0.1) is 0 Å². The molecule has 3 N–H and O–H groups in total. The second kappa shape index (κ2) is 8.04. The SMILES string of the molecule is CSCCC(NC(=O)c1ccc(C(F)(F)F)cc1)C(=O)NO. The van der Waals surface area contributed by atoms with Crippen LogP contribution in [0.25, 0.3) is 0 Å². The fourth-order valence-electron chi connectivity index (χ4n) is 1.63. The van der Waals surface area contributed by atoms with Gasteiger partial charge < -0.3 is 5.32 Å². The van der Waals surface area contributed by atoms with Gasteiger partial charge in [-0.25, -0.2) is 5.48 Å². The van der Waals surface area contributed by atoms with Gasteiger partial charge in [0.25, 0.3) is 11.8 Å². The molecule has 122 valence electrons. The number of hydroxylamine groups is 1. The molecular formula is C13H15F3N2O3S. The normalized spacial score (nSPS) is 12.6. The van der Waals surface area contributed by atoms with E-state index in [-0.39, 0.29) is 12.0 Å². The first-order chi connectivity index (χ1) is 10.3. The minimum atomic E-state index is -4.48. The number of amides is 2. The smallest absolute Gasteiger partial charge is 0.340 e. The van der Waals surface area contributed by atoms with Crippen molar-refractivity contribution in [2.45, 2.75) is 18.6 Å². The number of alkyl halides is 3. The Morgan fingerprint density at radius 3 is 2.32 bits per heavy atom. The molecule has 0 saturated carbocycles. The first kappa shape index (κ1) is 18.3. The number of thioether (sulfide) groups is 1. The molecular weight excluding hydrogens is 321 g/mol. The fraction of sp³-hybridized carbons (Fsp3) is 0.385. The monoisotopic (exact) mass is 336 g/mol. The molecule has 0 fully saturated rings. The largest absolute Gasteiger partial charge is 0.416 e. The van der Waals surface area contributed by atoms with Gasteiger partial charge in [-0.3, -0.25) is 14.8 Å². The van der Waals surface area contributed by atoms with Crippen LogP contribution in [0, 0.1) is 0 Å². The van der Waals surface area contributed by atoms with Crippen LogP contribution in [0.15, 0.2) is 24.3 Å². The minimum absolute atomic E-state index is 0.00658. The van der Waals surface area contributed by atoms with Crippen molar-refractivity contribution < 1.29 is 28.0 Å². The van der Waals surface area contributed by atoms with Crippen molar-refractivity contribution in [1.82, 2.24) is 10.8 Å². The highest BCUT2D eigenvalue weighted by molar-refractivity contribution is 7.98. The number of nitrogens with one attached hydrogen (secondary N) is 2. The van der Waals surface area contributed by atoms with Crippen LogP contribution in [0.4, 0.5) is 13.2 Å². The molecule has 0 radical (unpaired) electrons. The van der Waals surface area contributed by atoms with Crippen molar-refractivity contribution in [1.29, 1.82) is 0 Å². The topological polar surface area (TPSA) is 78.4 Å². The summed E-state index contributed by atoms with van der Waals surface area (Å²) in [5.41, 5.74) is 0.577. The maximum atomic E-state index is 12.4. The fourth-order valence-corrected chi connectivity index (χ4v) is 2.11. The molecule has 0 aromatic heterocycles.